The number of nitrogens with one attached hydrogen (secondary N) is 2. The average Bonchev–Trinajstić information content (AvgIpc) is 2.91. The Kier molecular flexibility index (Phi) is 6.03. The van der Waals surface area contributed by atoms with E-state index in [1.54, 1.807) is 20.8 Å². The number of rotatable bonds is 4. The Morgan fingerprint density at radius 1 is 1.08 bits per heavy atom. The molecule has 2 rings (SSSR count). The molecule has 132 valence electrons. The average molecular weight is 336 g/mol. The minimum atomic E-state index is -0.582. The number of ether oxygens (including phenoxy) is 3. The minimum Gasteiger partial charge on any atom is -0.445 e. The Balaban J connectivity index is 1.78. The maximum Gasteiger partial charge on any atom is 0.408 e. The Morgan fingerprint density at radius 2 is 1.67 bits per heavy atom. The summed E-state index contributed by atoms with van der Waals surface area (Å²) < 4.78 is 15.7. The van der Waals surface area contributed by atoms with E-state index >= 15 is 0 Å². The predicted octanol–water partition coefficient (Wildman–Crippen LogP) is 2.20. The molecule has 1 aromatic carbocycles. The number of carbonyl (C=O) groups excluding carboxylic acids is 2. The van der Waals surface area contributed by atoms with E-state index in [2.05, 4.69) is 10.6 Å². The Bertz CT molecular complexity index is 556. The lowest BCUT2D eigenvalue weighted by Gasteiger charge is -2.24. The molecule has 0 aliphatic carbocycles. The summed E-state index contributed by atoms with van der Waals surface area (Å²) in [6, 6.07) is 8.68. The zero-order chi connectivity index (χ0) is 17.6. The second kappa shape index (κ2) is 8.01. The van der Waals surface area contributed by atoms with Gasteiger partial charge in [-0.1, -0.05) is 30.3 Å². The van der Waals surface area contributed by atoms with Crippen molar-refractivity contribution < 1.29 is 23.8 Å². The Labute approximate surface area is 141 Å². The van der Waals surface area contributed by atoms with Gasteiger partial charge in [-0.15, -0.1) is 0 Å². The molecule has 2 N–H and O–H groups in total. The van der Waals surface area contributed by atoms with Gasteiger partial charge >= 0.3 is 12.2 Å². The van der Waals surface area contributed by atoms with E-state index in [0.717, 1.165) is 5.56 Å². The Hall–Kier alpha value is -2.28. The van der Waals surface area contributed by atoms with Crippen LogP contribution in [0.25, 0.3) is 0 Å². The number of benzene rings is 1. The van der Waals surface area contributed by atoms with Crippen LogP contribution in [-0.4, -0.2) is 43.1 Å². The summed E-state index contributed by atoms with van der Waals surface area (Å²) in [6.45, 7) is 6.16. The molecule has 1 aliphatic rings. The van der Waals surface area contributed by atoms with E-state index < -0.39 is 17.8 Å². The molecule has 1 fully saturated rings. The van der Waals surface area contributed by atoms with Gasteiger partial charge in [0, 0.05) is 0 Å². The molecule has 0 radical (unpaired) electrons. The summed E-state index contributed by atoms with van der Waals surface area (Å²) in [4.78, 5) is 23.7. The van der Waals surface area contributed by atoms with Gasteiger partial charge in [0.1, 0.15) is 12.2 Å². The van der Waals surface area contributed by atoms with Crippen LogP contribution in [0.1, 0.15) is 26.3 Å². The van der Waals surface area contributed by atoms with Crippen LogP contribution in [-0.2, 0) is 20.8 Å². The van der Waals surface area contributed by atoms with Gasteiger partial charge in [-0.2, -0.15) is 0 Å². The van der Waals surface area contributed by atoms with Crippen molar-refractivity contribution in [1.29, 1.82) is 0 Å². The van der Waals surface area contributed by atoms with Crippen LogP contribution in [0.2, 0.25) is 0 Å². The van der Waals surface area contributed by atoms with Crippen molar-refractivity contribution in [2.24, 2.45) is 0 Å². The Morgan fingerprint density at radius 3 is 2.25 bits per heavy atom. The third-order valence-electron chi connectivity index (χ3n) is 3.30. The molecule has 1 saturated heterocycles. The second-order valence-corrected chi connectivity index (χ2v) is 6.60. The molecule has 1 heterocycles. The molecule has 2 atom stereocenters. The summed E-state index contributed by atoms with van der Waals surface area (Å²) in [7, 11) is 0. The van der Waals surface area contributed by atoms with Crippen molar-refractivity contribution in [2.45, 2.75) is 45.1 Å². The zero-order valence-electron chi connectivity index (χ0n) is 14.2. The highest BCUT2D eigenvalue weighted by atomic mass is 16.6. The van der Waals surface area contributed by atoms with Crippen molar-refractivity contribution in [1.82, 2.24) is 10.6 Å². The van der Waals surface area contributed by atoms with E-state index in [0.29, 0.717) is 13.2 Å². The van der Waals surface area contributed by atoms with Gasteiger partial charge in [-0.3, -0.25) is 0 Å². The van der Waals surface area contributed by atoms with E-state index in [4.69, 9.17) is 14.2 Å². The van der Waals surface area contributed by atoms with Crippen LogP contribution in [0.5, 0.6) is 0 Å². The largest absolute Gasteiger partial charge is 0.445 e. The first-order chi connectivity index (χ1) is 11.3. The molecule has 0 aromatic heterocycles. The van der Waals surface area contributed by atoms with Crippen LogP contribution in [0.4, 0.5) is 9.59 Å². The highest BCUT2D eigenvalue weighted by Crippen LogP contribution is 2.10. The van der Waals surface area contributed by atoms with Crippen molar-refractivity contribution in [3.05, 3.63) is 35.9 Å². The van der Waals surface area contributed by atoms with Crippen LogP contribution in [0.15, 0.2) is 30.3 Å². The molecule has 7 heteroatoms. The van der Waals surface area contributed by atoms with E-state index in [9.17, 15) is 9.59 Å². The molecule has 1 aromatic rings. The van der Waals surface area contributed by atoms with E-state index in [1.807, 2.05) is 30.3 Å². The summed E-state index contributed by atoms with van der Waals surface area (Å²) >= 11 is 0. The highest BCUT2D eigenvalue weighted by molar-refractivity contribution is 5.70. The molecule has 0 bridgehead atoms. The number of amides is 2. The normalized spacial score (nSPS) is 20.3. The number of hydrogen-bond donors (Lipinski definition) is 2. The summed E-state index contributed by atoms with van der Waals surface area (Å²) in [6.07, 6.45) is -1.09. The quantitative estimate of drug-likeness (QED) is 0.880. The molecular weight excluding hydrogens is 312 g/mol. The monoisotopic (exact) mass is 336 g/mol. The zero-order valence-corrected chi connectivity index (χ0v) is 14.2. The molecule has 7 nitrogen and oxygen atoms in total. The van der Waals surface area contributed by atoms with Crippen molar-refractivity contribution in [3.8, 4) is 0 Å². The molecule has 24 heavy (non-hydrogen) atoms. The summed E-state index contributed by atoms with van der Waals surface area (Å²) in [5.74, 6) is 0. The number of alkyl carbamates (subject to hydrolysis) is 2. The van der Waals surface area contributed by atoms with E-state index in [1.165, 1.54) is 0 Å². The summed E-state index contributed by atoms with van der Waals surface area (Å²) in [5, 5.41) is 5.42. The third kappa shape index (κ3) is 6.08. The van der Waals surface area contributed by atoms with Crippen LogP contribution >= 0.6 is 0 Å². The molecule has 1 aliphatic heterocycles. The molecule has 2 unspecified atom stereocenters. The SMILES string of the molecule is CC(C)(C)OC(=O)NC1COCC1NC(=O)OCc1ccccc1. The molecule has 0 spiro atoms. The van der Waals surface area contributed by atoms with Gasteiger partial charge in [0.25, 0.3) is 0 Å². The van der Waals surface area contributed by atoms with Crippen LogP contribution < -0.4 is 10.6 Å². The van der Waals surface area contributed by atoms with Gasteiger partial charge in [-0.05, 0) is 26.3 Å². The van der Waals surface area contributed by atoms with Crippen molar-refractivity contribution in [2.75, 3.05) is 13.2 Å². The predicted molar refractivity (Wildman–Crippen MR) is 87.5 cm³/mol. The van der Waals surface area contributed by atoms with Crippen LogP contribution in [0.3, 0.4) is 0 Å². The highest BCUT2D eigenvalue weighted by Gasteiger charge is 2.32. The van der Waals surface area contributed by atoms with Gasteiger partial charge in [-0.25, -0.2) is 9.59 Å². The number of hydrogen-bond acceptors (Lipinski definition) is 5. The second-order valence-electron chi connectivity index (χ2n) is 6.60. The fourth-order valence-corrected chi connectivity index (χ4v) is 2.21. The first-order valence-electron chi connectivity index (χ1n) is 7.88. The third-order valence-corrected chi connectivity index (χ3v) is 3.30. The van der Waals surface area contributed by atoms with Crippen LogP contribution in [0, 0.1) is 0 Å². The smallest absolute Gasteiger partial charge is 0.408 e. The van der Waals surface area contributed by atoms with Gasteiger partial charge < -0.3 is 24.8 Å². The lowest BCUT2D eigenvalue weighted by molar-refractivity contribution is 0.0492. The van der Waals surface area contributed by atoms with E-state index in [-0.39, 0.29) is 18.7 Å². The molecular formula is C17H24N2O5. The topological polar surface area (TPSA) is 85.9 Å². The lowest BCUT2D eigenvalue weighted by atomic mass is 10.2. The van der Waals surface area contributed by atoms with Gasteiger partial charge in [0.15, 0.2) is 0 Å². The maximum absolute atomic E-state index is 11.9. The van der Waals surface area contributed by atoms with Gasteiger partial charge in [0.05, 0.1) is 25.3 Å². The standard InChI is InChI=1S/C17H24N2O5/c1-17(2,3)24-16(21)19-14-11-22-10-13(14)18-15(20)23-9-12-7-5-4-6-8-12/h4-8,13-14H,9-11H2,1-3H3,(H,18,20)(H,19,21). The van der Waals surface area contributed by atoms with Crippen molar-refractivity contribution >= 4 is 12.2 Å². The molecule has 0 saturated carbocycles. The molecule has 2 amide bonds. The number of carbonyl (C=O) groups is 2. The summed E-state index contributed by atoms with van der Waals surface area (Å²) in [5.41, 5.74) is 0.319. The first-order valence-corrected chi connectivity index (χ1v) is 7.88. The minimum absolute atomic E-state index is 0.185. The fourth-order valence-electron chi connectivity index (χ4n) is 2.21. The van der Waals surface area contributed by atoms with Crippen molar-refractivity contribution in [3.63, 3.8) is 0 Å². The maximum atomic E-state index is 11.9. The fraction of sp³-hybridized carbons (Fsp3) is 0.529. The first kappa shape index (κ1) is 18.1. The lowest BCUT2D eigenvalue weighted by Crippen LogP contribution is -2.51. The van der Waals surface area contributed by atoms with Gasteiger partial charge in [0.2, 0.25) is 0 Å².